The molecule has 0 spiro atoms. The van der Waals surface area contributed by atoms with Crippen LogP contribution in [0, 0.1) is 5.92 Å². The maximum Gasteiger partial charge on any atom is 0.123 e. The van der Waals surface area contributed by atoms with E-state index >= 15 is 0 Å². The Morgan fingerprint density at radius 2 is 1.94 bits per heavy atom. The highest BCUT2D eigenvalue weighted by atomic mass is 16.1. The predicted molar refractivity (Wildman–Crippen MR) is 67.4 cm³/mol. The molecule has 0 aliphatic carbocycles. The van der Waals surface area contributed by atoms with Crippen molar-refractivity contribution in [2.75, 3.05) is 0 Å². The number of benzene rings is 1. The van der Waals surface area contributed by atoms with Crippen LogP contribution in [0.3, 0.4) is 0 Å². The van der Waals surface area contributed by atoms with E-state index in [0.29, 0.717) is 12.5 Å². The van der Waals surface area contributed by atoms with E-state index in [4.69, 9.17) is 5.73 Å². The lowest BCUT2D eigenvalue weighted by molar-refractivity contribution is -0.110. The van der Waals surface area contributed by atoms with Crippen LogP contribution in [-0.4, -0.2) is 6.29 Å². The maximum absolute atomic E-state index is 10.7. The van der Waals surface area contributed by atoms with Gasteiger partial charge in [-0.1, -0.05) is 39.0 Å². The van der Waals surface area contributed by atoms with Crippen molar-refractivity contribution in [3.63, 3.8) is 0 Å². The first-order chi connectivity index (χ1) is 7.58. The largest absolute Gasteiger partial charge is 0.326 e. The fourth-order valence-corrected chi connectivity index (χ4v) is 1.79. The smallest absolute Gasteiger partial charge is 0.123 e. The molecule has 0 saturated carbocycles. The minimum atomic E-state index is 0.0650. The lowest BCUT2D eigenvalue weighted by Gasteiger charge is -2.13. The Morgan fingerprint density at radius 1 is 1.25 bits per heavy atom. The van der Waals surface area contributed by atoms with E-state index < -0.39 is 0 Å². The number of hydrogen-bond acceptors (Lipinski definition) is 2. The summed E-state index contributed by atoms with van der Waals surface area (Å²) in [5, 5.41) is 0. The summed E-state index contributed by atoms with van der Waals surface area (Å²) in [6.07, 6.45) is 1.78. The van der Waals surface area contributed by atoms with Crippen molar-refractivity contribution in [3.8, 4) is 0 Å². The van der Waals surface area contributed by atoms with Gasteiger partial charge in [-0.15, -0.1) is 0 Å². The van der Waals surface area contributed by atoms with Crippen molar-refractivity contribution >= 4 is 6.29 Å². The fourth-order valence-electron chi connectivity index (χ4n) is 1.79. The van der Waals surface area contributed by atoms with Crippen molar-refractivity contribution in [2.45, 2.75) is 39.7 Å². The molecule has 0 bridgehead atoms. The van der Waals surface area contributed by atoms with Crippen molar-refractivity contribution in [2.24, 2.45) is 11.7 Å². The number of rotatable bonds is 5. The molecule has 1 aromatic carbocycles. The van der Waals surface area contributed by atoms with Crippen molar-refractivity contribution in [3.05, 3.63) is 34.9 Å². The molecule has 88 valence electrons. The quantitative estimate of drug-likeness (QED) is 0.774. The summed E-state index contributed by atoms with van der Waals surface area (Å²) in [6.45, 7) is 6.82. The van der Waals surface area contributed by atoms with Crippen molar-refractivity contribution < 1.29 is 4.79 Å². The number of aldehydes is 1. The highest BCUT2D eigenvalue weighted by Crippen LogP contribution is 2.20. The third-order valence-electron chi connectivity index (χ3n) is 2.89. The van der Waals surface area contributed by atoms with Crippen LogP contribution in [0.25, 0.3) is 0 Å². The van der Waals surface area contributed by atoms with Gasteiger partial charge in [0, 0.05) is 12.5 Å². The third kappa shape index (κ3) is 3.17. The van der Waals surface area contributed by atoms with Gasteiger partial charge in [0.25, 0.3) is 0 Å². The molecule has 2 nitrogen and oxygen atoms in total. The Hall–Kier alpha value is -1.15. The molecule has 0 fully saturated rings. The van der Waals surface area contributed by atoms with Gasteiger partial charge in [0.2, 0.25) is 0 Å². The third-order valence-corrected chi connectivity index (χ3v) is 2.89. The van der Waals surface area contributed by atoms with Crippen LogP contribution in [0.5, 0.6) is 0 Å². The molecule has 0 aliphatic heterocycles. The molecule has 2 N–H and O–H groups in total. The number of nitrogens with two attached hydrogens (primary N) is 1. The lowest BCUT2D eigenvalue weighted by Crippen LogP contribution is -2.08. The first-order valence-corrected chi connectivity index (χ1v) is 5.85. The van der Waals surface area contributed by atoms with Crippen LogP contribution >= 0.6 is 0 Å². The van der Waals surface area contributed by atoms with E-state index in [-0.39, 0.29) is 5.92 Å². The number of hydrogen-bond donors (Lipinski definition) is 1. The zero-order chi connectivity index (χ0) is 12.1. The minimum absolute atomic E-state index is 0.0650. The molecule has 1 unspecified atom stereocenters. The molecule has 0 aliphatic rings. The molecule has 0 radical (unpaired) electrons. The first-order valence-electron chi connectivity index (χ1n) is 5.85. The van der Waals surface area contributed by atoms with Crippen LogP contribution < -0.4 is 5.73 Å². The Balaban J connectivity index is 2.97. The number of carbonyl (C=O) groups is 1. The van der Waals surface area contributed by atoms with Gasteiger partial charge < -0.3 is 10.5 Å². The average Bonchev–Trinajstić information content (AvgIpc) is 2.29. The van der Waals surface area contributed by atoms with Gasteiger partial charge in [0.15, 0.2) is 0 Å². The summed E-state index contributed by atoms with van der Waals surface area (Å²) < 4.78 is 0. The SMILES string of the molecule is CC(C=O)Cc1ccc(C(C)C)cc1CN. The summed E-state index contributed by atoms with van der Waals surface area (Å²) in [7, 11) is 0. The molecule has 0 aromatic heterocycles. The van der Waals surface area contributed by atoms with E-state index in [9.17, 15) is 4.79 Å². The molecular weight excluding hydrogens is 198 g/mol. The van der Waals surface area contributed by atoms with Gasteiger partial charge >= 0.3 is 0 Å². The van der Waals surface area contributed by atoms with Crippen LogP contribution in [0.1, 0.15) is 43.4 Å². The molecule has 1 aromatic rings. The normalized spacial score (nSPS) is 12.8. The van der Waals surface area contributed by atoms with Gasteiger partial charge in [-0.2, -0.15) is 0 Å². The fraction of sp³-hybridized carbons (Fsp3) is 0.500. The van der Waals surface area contributed by atoms with Crippen molar-refractivity contribution in [1.29, 1.82) is 0 Å². The average molecular weight is 219 g/mol. The lowest BCUT2D eigenvalue weighted by atomic mass is 9.93. The predicted octanol–water partition coefficient (Wildman–Crippen LogP) is 2.65. The second-order valence-electron chi connectivity index (χ2n) is 4.70. The van der Waals surface area contributed by atoms with E-state index in [0.717, 1.165) is 12.7 Å². The standard InChI is InChI=1S/C14H21NO/c1-10(2)12-4-5-13(6-11(3)9-16)14(7-12)8-15/h4-5,7,9-11H,6,8,15H2,1-3H3. The molecule has 1 atom stereocenters. The highest BCUT2D eigenvalue weighted by molar-refractivity contribution is 5.54. The van der Waals surface area contributed by atoms with Gasteiger partial charge in [0.1, 0.15) is 6.29 Å². The van der Waals surface area contributed by atoms with Gasteiger partial charge in [-0.25, -0.2) is 0 Å². The molecule has 1 rings (SSSR count). The molecule has 0 heterocycles. The van der Waals surface area contributed by atoms with E-state index in [1.54, 1.807) is 0 Å². The summed E-state index contributed by atoms with van der Waals surface area (Å²) in [6, 6.07) is 6.41. The summed E-state index contributed by atoms with van der Waals surface area (Å²) in [5.41, 5.74) is 9.42. The molecule has 0 amide bonds. The Morgan fingerprint density at radius 3 is 2.44 bits per heavy atom. The highest BCUT2D eigenvalue weighted by Gasteiger charge is 2.08. The van der Waals surface area contributed by atoms with Gasteiger partial charge in [0.05, 0.1) is 0 Å². The van der Waals surface area contributed by atoms with Crippen LogP contribution in [-0.2, 0) is 17.8 Å². The maximum atomic E-state index is 10.7. The zero-order valence-corrected chi connectivity index (χ0v) is 10.4. The van der Waals surface area contributed by atoms with Crippen molar-refractivity contribution in [1.82, 2.24) is 0 Å². The molecule has 0 saturated heterocycles. The van der Waals surface area contributed by atoms with E-state index in [2.05, 4.69) is 32.0 Å². The monoisotopic (exact) mass is 219 g/mol. The molecular formula is C14H21NO. The molecule has 2 heteroatoms. The number of carbonyl (C=O) groups excluding carboxylic acids is 1. The summed E-state index contributed by atoms with van der Waals surface area (Å²) in [5.74, 6) is 0.582. The van der Waals surface area contributed by atoms with E-state index in [1.165, 1.54) is 16.7 Å². The Kier molecular flexibility index (Phi) is 4.69. The summed E-state index contributed by atoms with van der Waals surface area (Å²) in [4.78, 5) is 10.7. The van der Waals surface area contributed by atoms with Gasteiger partial charge in [-0.3, -0.25) is 0 Å². The minimum Gasteiger partial charge on any atom is -0.326 e. The van der Waals surface area contributed by atoms with Gasteiger partial charge in [-0.05, 0) is 29.0 Å². The Labute approximate surface area is 97.9 Å². The second-order valence-corrected chi connectivity index (χ2v) is 4.70. The van der Waals surface area contributed by atoms with E-state index in [1.807, 2.05) is 6.92 Å². The second kappa shape index (κ2) is 5.80. The van der Waals surface area contributed by atoms with Crippen LogP contribution in [0.2, 0.25) is 0 Å². The van der Waals surface area contributed by atoms with Crippen LogP contribution in [0.4, 0.5) is 0 Å². The topological polar surface area (TPSA) is 43.1 Å². The first kappa shape index (κ1) is 12.9. The summed E-state index contributed by atoms with van der Waals surface area (Å²) >= 11 is 0. The molecule has 16 heavy (non-hydrogen) atoms. The van der Waals surface area contributed by atoms with Crippen LogP contribution in [0.15, 0.2) is 18.2 Å². The zero-order valence-electron chi connectivity index (χ0n) is 10.4. The Bertz CT molecular complexity index is 358.